The predicted molar refractivity (Wildman–Crippen MR) is 74.0 cm³/mol. The molecule has 2 amide bonds. The minimum absolute atomic E-state index is 0.278. The maximum Gasteiger partial charge on any atom is 0.313 e. The first-order chi connectivity index (χ1) is 9.04. The molecule has 0 aromatic heterocycles. The highest BCUT2D eigenvalue weighted by Crippen LogP contribution is 2.23. The highest BCUT2D eigenvalue weighted by molar-refractivity contribution is 6.41. The van der Waals surface area contributed by atoms with E-state index >= 15 is 0 Å². The Bertz CT molecular complexity index is 466. The molecule has 4 N–H and O–H groups in total. The van der Waals surface area contributed by atoms with E-state index in [0.717, 1.165) is 0 Å². The van der Waals surface area contributed by atoms with Gasteiger partial charge in [0, 0.05) is 25.9 Å². The Hall–Kier alpha value is -1.79. The largest absolute Gasteiger partial charge is 0.399 e. The number of amides is 2. The van der Waals surface area contributed by atoms with Crippen molar-refractivity contribution in [3.8, 4) is 0 Å². The van der Waals surface area contributed by atoms with Crippen LogP contribution in [0.1, 0.15) is 6.42 Å². The standard InChI is InChI=1S/C12H16ClN3O3/c1-19-6-2-5-15-11(17)12(18)16-10-4-3-8(14)7-9(10)13/h3-4,7H,2,5-6,14H2,1H3,(H,15,17)(H,16,18). The third kappa shape index (κ3) is 5.15. The first kappa shape index (κ1) is 15.3. The molecular weight excluding hydrogens is 270 g/mol. The van der Waals surface area contributed by atoms with Crippen LogP contribution >= 0.6 is 11.6 Å². The monoisotopic (exact) mass is 285 g/mol. The quantitative estimate of drug-likeness (QED) is 0.428. The summed E-state index contributed by atoms with van der Waals surface area (Å²) >= 11 is 5.88. The van der Waals surface area contributed by atoms with Crippen LogP contribution in [0.3, 0.4) is 0 Å². The first-order valence-corrected chi connectivity index (χ1v) is 6.05. The lowest BCUT2D eigenvalue weighted by Crippen LogP contribution is -2.36. The number of carbonyl (C=O) groups is 2. The van der Waals surface area contributed by atoms with Crippen LogP contribution in [0.5, 0.6) is 0 Å². The van der Waals surface area contributed by atoms with E-state index in [1.165, 1.54) is 12.1 Å². The lowest BCUT2D eigenvalue weighted by Gasteiger charge is -2.08. The molecule has 0 bridgehead atoms. The number of methoxy groups -OCH3 is 1. The van der Waals surface area contributed by atoms with Crippen molar-refractivity contribution in [1.82, 2.24) is 5.32 Å². The van der Waals surface area contributed by atoms with Gasteiger partial charge in [-0.1, -0.05) is 11.6 Å². The molecule has 0 aliphatic heterocycles. The topological polar surface area (TPSA) is 93.4 Å². The summed E-state index contributed by atoms with van der Waals surface area (Å²) in [5.41, 5.74) is 6.34. The number of anilines is 2. The van der Waals surface area contributed by atoms with Crippen molar-refractivity contribution < 1.29 is 14.3 Å². The van der Waals surface area contributed by atoms with Gasteiger partial charge in [-0.2, -0.15) is 0 Å². The summed E-state index contributed by atoms with van der Waals surface area (Å²) in [7, 11) is 1.57. The molecule has 0 aliphatic carbocycles. The van der Waals surface area contributed by atoms with Gasteiger partial charge in [0.1, 0.15) is 0 Å². The van der Waals surface area contributed by atoms with E-state index in [-0.39, 0.29) is 5.02 Å². The van der Waals surface area contributed by atoms with Crippen molar-refractivity contribution in [3.05, 3.63) is 23.2 Å². The average Bonchev–Trinajstić information content (AvgIpc) is 2.37. The van der Waals surface area contributed by atoms with Crippen molar-refractivity contribution in [2.24, 2.45) is 0 Å². The van der Waals surface area contributed by atoms with Crippen molar-refractivity contribution >= 4 is 34.8 Å². The Morgan fingerprint density at radius 1 is 1.37 bits per heavy atom. The van der Waals surface area contributed by atoms with E-state index in [1.54, 1.807) is 13.2 Å². The lowest BCUT2D eigenvalue weighted by molar-refractivity contribution is -0.136. The van der Waals surface area contributed by atoms with E-state index in [0.29, 0.717) is 30.9 Å². The highest BCUT2D eigenvalue weighted by atomic mass is 35.5. The number of nitrogen functional groups attached to an aromatic ring is 1. The minimum atomic E-state index is -0.774. The summed E-state index contributed by atoms with van der Waals surface area (Å²) in [6, 6.07) is 4.61. The summed E-state index contributed by atoms with van der Waals surface area (Å²) < 4.78 is 4.83. The number of carbonyl (C=O) groups excluding carboxylic acids is 2. The molecule has 0 saturated heterocycles. The molecule has 7 heteroatoms. The summed E-state index contributed by atoms with van der Waals surface area (Å²) in [6.45, 7) is 0.890. The molecule has 0 aliphatic rings. The third-order valence-electron chi connectivity index (χ3n) is 2.26. The molecule has 19 heavy (non-hydrogen) atoms. The molecule has 1 aromatic carbocycles. The van der Waals surface area contributed by atoms with Gasteiger partial charge in [-0.05, 0) is 24.6 Å². The van der Waals surface area contributed by atoms with Crippen LogP contribution < -0.4 is 16.4 Å². The highest BCUT2D eigenvalue weighted by Gasteiger charge is 2.14. The average molecular weight is 286 g/mol. The fourth-order valence-corrected chi connectivity index (χ4v) is 1.55. The van der Waals surface area contributed by atoms with Crippen molar-refractivity contribution in [2.75, 3.05) is 31.3 Å². The van der Waals surface area contributed by atoms with Gasteiger partial charge < -0.3 is 21.1 Å². The van der Waals surface area contributed by atoms with Gasteiger partial charge in [-0.25, -0.2) is 0 Å². The maximum atomic E-state index is 11.6. The van der Waals surface area contributed by atoms with E-state index in [2.05, 4.69) is 10.6 Å². The Labute approximate surface area is 116 Å². The number of halogens is 1. The SMILES string of the molecule is COCCCNC(=O)C(=O)Nc1ccc(N)cc1Cl. The fraction of sp³-hybridized carbons (Fsp3) is 0.333. The van der Waals surface area contributed by atoms with Crippen LogP contribution in [0, 0.1) is 0 Å². The van der Waals surface area contributed by atoms with Gasteiger partial charge in [-0.3, -0.25) is 9.59 Å². The molecule has 6 nitrogen and oxygen atoms in total. The second-order valence-electron chi connectivity index (χ2n) is 3.80. The molecule has 0 heterocycles. The smallest absolute Gasteiger partial charge is 0.313 e. The number of hydrogen-bond acceptors (Lipinski definition) is 4. The summed E-state index contributed by atoms with van der Waals surface area (Å²) in [6.07, 6.45) is 0.637. The number of hydrogen-bond donors (Lipinski definition) is 3. The van der Waals surface area contributed by atoms with Crippen LogP contribution in [0.4, 0.5) is 11.4 Å². The van der Waals surface area contributed by atoms with E-state index in [4.69, 9.17) is 22.1 Å². The van der Waals surface area contributed by atoms with Gasteiger partial charge >= 0.3 is 11.8 Å². The number of nitrogens with one attached hydrogen (secondary N) is 2. The normalized spacial score (nSPS) is 10.0. The van der Waals surface area contributed by atoms with Crippen molar-refractivity contribution in [2.45, 2.75) is 6.42 Å². The zero-order chi connectivity index (χ0) is 14.3. The zero-order valence-corrected chi connectivity index (χ0v) is 11.3. The van der Waals surface area contributed by atoms with Gasteiger partial charge in [0.25, 0.3) is 0 Å². The van der Waals surface area contributed by atoms with Crippen LogP contribution in [0.25, 0.3) is 0 Å². The number of rotatable bonds is 5. The van der Waals surface area contributed by atoms with E-state index in [9.17, 15) is 9.59 Å². The molecule has 0 fully saturated rings. The second kappa shape index (κ2) is 7.60. The molecule has 1 aromatic rings. The Morgan fingerprint density at radius 2 is 2.11 bits per heavy atom. The Kier molecular flexibility index (Phi) is 6.11. The molecule has 1 rings (SSSR count). The van der Waals surface area contributed by atoms with Crippen molar-refractivity contribution in [3.63, 3.8) is 0 Å². The van der Waals surface area contributed by atoms with Crippen LogP contribution in [-0.2, 0) is 14.3 Å². The van der Waals surface area contributed by atoms with Gasteiger partial charge in [0.05, 0.1) is 10.7 Å². The summed E-state index contributed by atoms with van der Waals surface area (Å²) in [4.78, 5) is 23.0. The summed E-state index contributed by atoms with van der Waals surface area (Å²) in [5, 5.41) is 5.16. The molecule has 0 radical (unpaired) electrons. The first-order valence-electron chi connectivity index (χ1n) is 5.67. The lowest BCUT2D eigenvalue weighted by atomic mass is 10.3. The Balaban J connectivity index is 2.47. The van der Waals surface area contributed by atoms with Gasteiger partial charge in [-0.15, -0.1) is 0 Å². The van der Waals surface area contributed by atoms with Crippen LogP contribution in [-0.4, -0.2) is 32.1 Å². The zero-order valence-electron chi connectivity index (χ0n) is 10.5. The molecule has 0 atom stereocenters. The van der Waals surface area contributed by atoms with Gasteiger partial charge in [0.2, 0.25) is 0 Å². The molecule has 0 saturated carbocycles. The number of ether oxygens (including phenoxy) is 1. The third-order valence-corrected chi connectivity index (χ3v) is 2.57. The van der Waals surface area contributed by atoms with Crippen molar-refractivity contribution in [1.29, 1.82) is 0 Å². The van der Waals surface area contributed by atoms with Crippen LogP contribution in [0.15, 0.2) is 18.2 Å². The molecule has 0 spiro atoms. The summed E-state index contributed by atoms with van der Waals surface area (Å²) in [5.74, 6) is -1.49. The predicted octanol–water partition coefficient (Wildman–Crippen LogP) is 1.01. The van der Waals surface area contributed by atoms with E-state index < -0.39 is 11.8 Å². The minimum Gasteiger partial charge on any atom is -0.399 e. The molecular formula is C12H16ClN3O3. The van der Waals surface area contributed by atoms with Crippen LogP contribution in [0.2, 0.25) is 5.02 Å². The number of benzene rings is 1. The molecule has 104 valence electrons. The fourth-order valence-electron chi connectivity index (χ4n) is 1.31. The number of nitrogens with two attached hydrogens (primary N) is 1. The second-order valence-corrected chi connectivity index (χ2v) is 4.20. The maximum absolute atomic E-state index is 11.6. The van der Waals surface area contributed by atoms with Gasteiger partial charge in [0.15, 0.2) is 0 Å². The van der Waals surface area contributed by atoms with E-state index in [1.807, 2.05) is 0 Å². The Morgan fingerprint density at radius 3 is 2.74 bits per heavy atom. The molecule has 0 unspecified atom stereocenters.